The lowest BCUT2D eigenvalue weighted by molar-refractivity contribution is 0.0936. The lowest BCUT2D eigenvalue weighted by Gasteiger charge is -2.23. The van der Waals surface area contributed by atoms with Crippen LogP contribution >= 0.6 is 11.6 Å². The molecule has 2 nitrogen and oxygen atoms in total. The summed E-state index contributed by atoms with van der Waals surface area (Å²) in [5.41, 5.74) is 0.435. The van der Waals surface area contributed by atoms with Crippen LogP contribution in [0.1, 0.15) is 30.6 Å². The number of hydrogen-bond acceptors (Lipinski definition) is 1. The number of carbonyl (C=O) groups is 1. The van der Waals surface area contributed by atoms with E-state index in [4.69, 9.17) is 11.6 Å². The molecule has 0 atom stereocenters. The molecule has 0 aliphatic carbocycles. The van der Waals surface area contributed by atoms with E-state index in [1.54, 1.807) is 0 Å². The van der Waals surface area contributed by atoms with Gasteiger partial charge in [-0.05, 0) is 36.1 Å². The maximum Gasteiger partial charge on any atom is 0.251 e. The van der Waals surface area contributed by atoms with Crippen molar-refractivity contribution >= 4 is 17.5 Å². The normalized spacial score (nSPS) is 11.3. The van der Waals surface area contributed by atoms with Gasteiger partial charge in [0.1, 0.15) is 5.82 Å². The van der Waals surface area contributed by atoms with Crippen molar-refractivity contribution in [2.24, 2.45) is 5.41 Å². The SMILES string of the molecule is CC(C)(CCCl)CNC(=O)c1ccc(F)cc1. The fourth-order valence-corrected chi connectivity index (χ4v) is 1.88. The number of rotatable bonds is 5. The summed E-state index contributed by atoms with van der Waals surface area (Å²) in [6.07, 6.45) is 0.832. The predicted molar refractivity (Wildman–Crippen MR) is 67.9 cm³/mol. The molecule has 94 valence electrons. The molecule has 0 aliphatic heterocycles. The van der Waals surface area contributed by atoms with E-state index in [2.05, 4.69) is 5.32 Å². The zero-order valence-electron chi connectivity index (χ0n) is 10.1. The Morgan fingerprint density at radius 1 is 1.35 bits per heavy atom. The number of alkyl halides is 1. The van der Waals surface area contributed by atoms with Crippen molar-refractivity contribution in [3.8, 4) is 0 Å². The summed E-state index contributed by atoms with van der Waals surface area (Å²) in [5.74, 6) is 0.0380. The molecule has 0 saturated carbocycles. The van der Waals surface area contributed by atoms with Crippen molar-refractivity contribution in [2.75, 3.05) is 12.4 Å². The van der Waals surface area contributed by atoms with Gasteiger partial charge in [0.05, 0.1) is 0 Å². The number of halogens is 2. The Labute approximate surface area is 106 Å². The summed E-state index contributed by atoms with van der Waals surface area (Å²) in [7, 11) is 0. The van der Waals surface area contributed by atoms with Crippen LogP contribution in [-0.4, -0.2) is 18.3 Å². The van der Waals surface area contributed by atoms with Gasteiger partial charge in [-0.2, -0.15) is 0 Å². The van der Waals surface area contributed by atoms with Gasteiger partial charge in [-0.25, -0.2) is 4.39 Å². The van der Waals surface area contributed by atoms with Crippen molar-refractivity contribution < 1.29 is 9.18 Å². The molecule has 1 aromatic carbocycles. The van der Waals surface area contributed by atoms with Gasteiger partial charge < -0.3 is 5.32 Å². The van der Waals surface area contributed by atoms with Gasteiger partial charge >= 0.3 is 0 Å². The van der Waals surface area contributed by atoms with E-state index in [1.807, 2.05) is 13.8 Å². The Bertz CT molecular complexity index is 376. The average molecular weight is 258 g/mol. The maximum absolute atomic E-state index is 12.7. The molecule has 1 aromatic rings. The van der Waals surface area contributed by atoms with Crippen LogP contribution in [0.3, 0.4) is 0 Å². The minimum absolute atomic E-state index is 0.0303. The summed E-state index contributed by atoms with van der Waals surface area (Å²) in [6, 6.07) is 5.50. The molecule has 0 radical (unpaired) electrons. The number of nitrogens with one attached hydrogen (secondary N) is 1. The maximum atomic E-state index is 12.7. The molecular weight excluding hydrogens is 241 g/mol. The molecular formula is C13H17ClFNO. The number of hydrogen-bond donors (Lipinski definition) is 1. The molecule has 0 fully saturated rings. The summed E-state index contributed by atoms with van der Waals surface area (Å²) < 4.78 is 12.7. The van der Waals surface area contributed by atoms with Crippen LogP contribution in [0.5, 0.6) is 0 Å². The second kappa shape index (κ2) is 6.01. The lowest BCUT2D eigenvalue weighted by Crippen LogP contribution is -2.34. The van der Waals surface area contributed by atoms with Gasteiger partial charge in [0.25, 0.3) is 5.91 Å². The smallest absolute Gasteiger partial charge is 0.251 e. The fourth-order valence-electron chi connectivity index (χ4n) is 1.37. The first-order chi connectivity index (χ1) is 7.94. The number of carbonyl (C=O) groups excluding carboxylic acids is 1. The summed E-state index contributed by atoms with van der Waals surface area (Å²) >= 11 is 5.68. The zero-order valence-corrected chi connectivity index (χ0v) is 10.9. The van der Waals surface area contributed by atoms with E-state index in [-0.39, 0.29) is 17.1 Å². The van der Waals surface area contributed by atoms with E-state index >= 15 is 0 Å². The molecule has 1 amide bonds. The molecule has 4 heteroatoms. The third-order valence-corrected chi connectivity index (χ3v) is 2.79. The van der Waals surface area contributed by atoms with Crippen molar-refractivity contribution in [1.29, 1.82) is 0 Å². The molecule has 0 heterocycles. The lowest BCUT2D eigenvalue weighted by atomic mass is 9.90. The summed E-state index contributed by atoms with van der Waals surface area (Å²) in [6.45, 7) is 4.64. The Balaban J connectivity index is 2.53. The van der Waals surface area contributed by atoms with Gasteiger partial charge in [-0.1, -0.05) is 13.8 Å². The van der Waals surface area contributed by atoms with E-state index in [1.165, 1.54) is 24.3 Å². The van der Waals surface area contributed by atoms with Gasteiger partial charge in [0.2, 0.25) is 0 Å². The van der Waals surface area contributed by atoms with Gasteiger partial charge in [-0.3, -0.25) is 4.79 Å². The molecule has 0 unspecified atom stereocenters. The number of amides is 1. The molecule has 0 saturated heterocycles. The Kier molecular flexibility index (Phi) is 4.94. The first-order valence-corrected chi connectivity index (χ1v) is 6.08. The average Bonchev–Trinajstić information content (AvgIpc) is 2.27. The Morgan fingerprint density at radius 3 is 2.47 bits per heavy atom. The topological polar surface area (TPSA) is 29.1 Å². The minimum Gasteiger partial charge on any atom is -0.352 e. The first kappa shape index (κ1) is 14.0. The van der Waals surface area contributed by atoms with E-state index < -0.39 is 0 Å². The fraction of sp³-hybridized carbons (Fsp3) is 0.462. The van der Waals surface area contributed by atoms with Crippen LogP contribution in [0, 0.1) is 11.2 Å². The molecule has 0 aromatic heterocycles. The Morgan fingerprint density at radius 2 is 1.94 bits per heavy atom. The van der Waals surface area contributed by atoms with E-state index in [9.17, 15) is 9.18 Å². The first-order valence-electron chi connectivity index (χ1n) is 5.54. The van der Waals surface area contributed by atoms with E-state index in [0.717, 1.165) is 6.42 Å². The predicted octanol–water partition coefficient (Wildman–Crippen LogP) is 3.21. The molecule has 0 spiro atoms. The van der Waals surface area contributed by atoms with Crippen molar-refractivity contribution in [1.82, 2.24) is 5.32 Å². The van der Waals surface area contributed by atoms with Crippen molar-refractivity contribution in [2.45, 2.75) is 20.3 Å². The molecule has 0 bridgehead atoms. The van der Waals surface area contributed by atoms with Crippen LogP contribution in [0.2, 0.25) is 0 Å². The van der Waals surface area contributed by atoms with Gasteiger partial charge in [0, 0.05) is 18.0 Å². The highest BCUT2D eigenvalue weighted by atomic mass is 35.5. The summed E-state index contributed by atoms with van der Waals surface area (Å²) in [5, 5.41) is 2.82. The van der Waals surface area contributed by atoms with Crippen molar-refractivity contribution in [3.63, 3.8) is 0 Å². The van der Waals surface area contributed by atoms with Crippen LogP contribution in [0.25, 0.3) is 0 Å². The van der Waals surface area contributed by atoms with Crippen LogP contribution in [-0.2, 0) is 0 Å². The van der Waals surface area contributed by atoms with Crippen LogP contribution in [0.15, 0.2) is 24.3 Å². The largest absolute Gasteiger partial charge is 0.352 e. The summed E-state index contributed by atoms with van der Waals surface area (Å²) in [4.78, 5) is 11.7. The van der Waals surface area contributed by atoms with Crippen LogP contribution in [0.4, 0.5) is 4.39 Å². The Hall–Kier alpha value is -1.09. The second-order valence-electron chi connectivity index (χ2n) is 4.79. The monoisotopic (exact) mass is 257 g/mol. The highest BCUT2D eigenvalue weighted by molar-refractivity contribution is 6.17. The zero-order chi connectivity index (χ0) is 12.9. The molecule has 1 rings (SSSR count). The van der Waals surface area contributed by atoms with Gasteiger partial charge in [-0.15, -0.1) is 11.6 Å². The van der Waals surface area contributed by atoms with Crippen molar-refractivity contribution in [3.05, 3.63) is 35.6 Å². The second-order valence-corrected chi connectivity index (χ2v) is 5.17. The van der Waals surface area contributed by atoms with Crippen LogP contribution < -0.4 is 5.32 Å². The van der Waals surface area contributed by atoms with E-state index in [0.29, 0.717) is 18.0 Å². The molecule has 17 heavy (non-hydrogen) atoms. The quantitative estimate of drug-likeness (QED) is 0.807. The van der Waals surface area contributed by atoms with Gasteiger partial charge in [0.15, 0.2) is 0 Å². The minimum atomic E-state index is -0.344. The third kappa shape index (κ3) is 4.73. The number of benzene rings is 1. The highest BCUT2D eigenvalue weighted by Gasteiger charge is 2.18. The molecule has 1 N–H and O–H groups in total. The highest BCUT2D eigenvalue weighted by Crippen LogP contribution is 2.19. The third-order valence-electron chi connectivity index (χ3n) is 2.61. The molecule has 0 aliphatic rings. The standard InChI is InChI=1S/C13H17ClFNO/c1-13(2,7-8-14)9-16-12(17)10-3-5-11(15)6-4-10/h3-6H,7-9H2,1-2H3,(H,16,17).